The average molecular weight is 499 g/mol. The quantitative estimate of drug-likeness (QED) is 0.407. The van der Waals surface area contributed by atoms with Crippen molar-refractivity contribution in [1.29, 1.82) is 0 Å². The van der Waals surface area contributed by atoms with E-state index in [0.29, 0.717) is 30.8 Å². The first-order chi connectivity index (χ1) is 18.0. The summed E-state index contributed by atoms with van der Waals surface area (Å²) >= 11 is 0. The summed E-state index contributed by atoms with van der Waals surface area (Å²) < 4.78 is 0. The van der Waals surface area contributed by atoms with Crippen molar-refractivity contribution in [3.8, 4) is 0 Å². The van der Waals surface area contributed by atoms with Crippen LogP contribution in [0.4, 0.5) is 17.1 Å². The van der Waals surface area contributed by atoms with E-state index in [1.54, 1.807) is 9.80 Å². The molecule has 9 nitrogen and oxygen atoms in total. The molecule has 0 aromatic heterocycles. The zero-order valence-electron chi connectivity index (χ0n) is 20.1. The number of nitro groups is 1. The Balaban J connectivity index is 1.45. The van der Waals surface area contributed by atoms with Gasteiger partial charge in [-0.05, 0) is 36.6 Å². The first kappa shape index (κ1) is 24.2. The minimum Gasteiger partial charge on any atom is -0.343 e. The number of benzene rings is 3. The molecule has 2 unspecified atom stereocenters. The van der Waals surface area contributed by atoms with Crippen molar-refractivity contribution in [1.82, 2.24) is 5.32 Å². The monoisotopic (exact) mass is 498 g/mol. The van der Waals surface area contributed by atoms with Crippen molar-refractivity contribution in [2.75, 3.05) is 16.3 Å². The van der Waals surface area contributed by atoms with Crippen LogP contribution in [0.5, 0.6) is 0 Å². The van der Waals surface area contributed by atoms with Crippen molar-refractivity contribution < 1.29 is 19.3 Å². The number of carbonyl (C=O) groups excluding carboxylic acids is 3. The van der Waals surface area contributed by atoms with Gasteiger partial charge in [0, 0.05) is 12.1 Å². The standard InChI is InChI=1S/C28H26N4O5/c33-26(17-29-27(34)20-11-4-5-13-23(20)32(36)37)31-22-16-8-12-21(22)28(35)30(18-19-9-2-1-3-10-19)24-14-6-7-15-25(24)31/h1-7,9-11,13-15,21-22H,8,12,16-18H2,(H,29,34). The molecular formula is C28H26N4O5. The van der Waals surface area contributed by atoms with Crippen LogP contribution < -0.4 is 15.1 Å². The number of amides is 3. The highest BCUT2D eigenvalue weighted by Crippen LogP contribution is 2.43. The number of hydrogen-bond acceptors (Lipinski definition) is 5. The Morgan fingerprint density at radius 1 is 0.919 bits per heavy atom. The molecule has 2 atom stereocenters. The van der Waals surface area contributed by atoms with E-state index < -0.39 is 10.8 Å². The molecule has 0 spiro atoms. The first-order valence-electron chi connectivity index (χ1n) is 12.2. The van der Waals surface area contributed by atoms with Gasteiger partial charge >= 0.3 is 0 Å². The molecule has 1 fully saturated rings. The van der Waals surface area contributed by atoms with Crippen LogP contribution in [-0.2, 0) is 16.1 Å². The van der Waals surface area contributed by atoms with E-state index in [-0.39, 0.29) is 41.6 Å². The Morgan fingerprint density at radius 2 is 1.59 bits per heavy atom. The molecule has 37 heavy (non-hydrogen) atoms. The highest BCUT2D eigenvalue weighted by Gasteiger charge is 2.45. The number of hydrogen-bond donors (Lipinski definition) is 1. The van der Waals surface area contributed by atoms with Crippen molar-refractivity contribution >= 4 is 34.8 Å². The Kier molecular flexibility index (Phi) is 6.68. The third-order valence-corrected chi connectivity index (χ3v) is 7.02. The SMILES string of the molecule is O=C(NCC(=O)N1c2ccccc2N(Cc2ccccc2)C(=O)C2CCCC21)c1ccccc1[N+](=O)[O-]. The number of carbonyl (C=O) groups is 3. The van der Waals surface area contributed by atoms with Crippen molar-refractivity contribution in [3.05, 3.63) is 100 Å². The topological polar surface area (TPSA) is 113 Å². The van der Waals surface area contributed by atoms with Crippen LogP contribution in [0.2, 0.25) is 0 Å². The molecule has 0 bridgehead atoms. The lowest BCUT2D eigenvalue weighted by Crippen LogP contribution is -2.48. The molecule has 1 N–H and O–H groups in total. The summed E-state index contributed by atoms with van der Waals surface area (Å²) in [6, 6.07) is 22.3. The maximum absolute atomic E-state index is 13.8. The molecule has 5 rings (SSSR count). The molecule has 3 amide bonds. The highest BCUT2D eigenvalue weighted by molar-refractivity contribution is 6.08. The second-order valence-electron chi connectivity index (χ2n) is 9.22. The number of rotatable bonds is 6. The highest BCUT2D eigenvalue weighted by atomic mass is 16.6. The Hall–Kier alpha value is -4.53. The van der Waals surface area contributed by atoms with Crippen LogP contribution in [0.3, 0.4) is 0 Å². The van der Waals surface area contributed by atoms with Crippen LogP contribution in [0, 0.1) is 16.0 Å². The summed E-state index contributed by atoms with van der Waals surface area (Å²) in [6.45, 7) is 0.0334. The average Bonchev–Trinajstić information content (AvgIpc) is 3.37. The number of nitrogens with zero attached hydrogens (tertiary/aromatic N) is 3. The number of fused-ring (bicyclic) bond motifs is 2. The lowest BCUT2D eigenvalue weighted by molar-refractivity contribution is -0.385. The van der Waals surface area contributed by atoms with Gasteiger partial charge in [0.25, 0.3) is 11.6 Å². The second kappa shape index (κ2) is 10.2. The van der Waals surface area contributed by atoms with Crippen LogP contribution in [0.1, 0.15) is 35.2 Å². The lowest BCUT2D eigenvalue weighted by atomic mass is 10.0. The fourth-order valence-corrected chi connectivity index (χ4v) is 5.34. The zero-order chi connectivity index (χ0) is 25.9. The second-order valence-corrected chi connectivity index (χ2v) is 9.22. The normalized spacial score (nSPS) is 18.5. The van der Waals surface area contributed by atoms with Gasteiger partial charge in [0.2, 0.25) is 11.8 Å². The molecule has 2 aliphatic rings. The van der Waals surface area contributed by atoms with Gasteiger partial charge in [-0.25, -0.2) is 0 Å². The minimum absolute atomic E-state index is 0.0157. The minimum atomic E-state index is -0.700. The van der Waals surface area contributed by atoms with E-state index in [0.717, 1.165) is 12.0 Å². The molecule has 9 heteroatoms. The third-order valence-electron chi connectivity index (χ3n) is 7.02. The summed E-state index contributed by atoms with van der Waals surface area (Å²) in [5.74, 6) is -1.44. The molecule has 3 aromatic carbocycles. The summed E-state index contributed by atoms with van der Waals surface area (Å²) in [4.78, 5) is 54.3. The van der Waals surface area contributed by atoms with E-state index in [4.69, 9.17) is 0 Å². The molecular weight excluding hydrogens is 472 g/mol. The largest absolute Gasteiger partial charge is 0.343 e. The fraction of sp³-hybridized carbons (Fsp3) is 0.250. The molecule has 3 aromatic rings. The Labute approximate surface area is 213 Å². The van der Waals surface area contributed by atoms with Gasteiger partial charge < -0.3 is 15.1 Å². The molecule has 188 valence electrons. The number of anilines is 2. The summed E-state index contributed by atoms with van der Waals surface area (Å²) in [6.07, 6.45) is 2.16. The van der Waals surface area contributed by atoms with E-state index in [1.807, 2.05) is 54.6 Å². The smallest absolute Gasteiger partial charge is 0.282 e. The maximum atomic E-state index is 13.8. The van der Waals surface area contributed by atoms with E-state index in [2.05, 4.69) is 5.32 Å². The first-order valence-corrected chi connectivity index (χ1v) is 12.2. The van der Waals surface area contributed by atoms with Gasteiger partial charge in [-0.3, -0.25) is 24.5 Å². The lowest BCUT2D eigenvalue weighted by Gasteiger charge is -2.30. The molecule has 0 radical (unpaired) electrons. The number of para-hydroxylation sites is 3. The summed E-state index contributed by atoms with van der Waals surface area (Å²) in [5.41, 5.74) is 1.80. The predicted molar refractivity (Wildman–Crippen MR) is 138 cm³/mol. The fourth-order valence-electron chi connectivity index (χ4n) is 5.34. The predicted octanol–water partition coefficient (Wildman–Crippen LogP) is 4.07. The van der Waals surface area contributed by atoms with Gasteiger partial charge in [0.15, 0.2) is 0 Å². The van der Waals surface area contributed by atoms with Gasteiger partial charge in [-0.15, -0.1) is 0 Å². The zero-order valence-corrected chi connectivity index (χ0v) is 20.1. The summed E-state index contributed by atoms with van der Waals surface area (Å²) in [5, 5.41) is 13.9. The van der Waals surface area contributed by atoms with Crippen molar-refractivity contribution in [3.63, 3.8) is 0 Å². The van der Waals surface area contributed by atoms with E-state index in [9.17, 15) is 24.5 Å². The van der Waals surface area contributed by atoms with Crippen molar-refractivity contribution in [2.45, 2.75) is 31.8 Å². The Morgan fingerprint density at radius 3 is 2.35 bits per heavy atom. The van der Waals surface area contributed by atoms with E-state index >= 15 is 0 Å². The van der Waals surface area contributed by atoms with Gasteiger partial charge in [-0.1, -0.05) is 61.0 Å². The van der Waals surface area contributed by atoms with Crippen molar-refractivity contribution in [2.24, 2.45) is 5.92 Å². The molecule has 1 saturated carbocycles. The van der Waals surface area contributed by atoms with E-state index in [1.165, 1.54) is 24.3 Å². The summed E-state index contributed by atoms with van der Waals surface area (Å²) in [7, 11) is 0. The Bertz CT molecular complexity index is 1360. The van der Waals surface area contributed by atoms with Crippen LogP contribution >= 0.6 is 0 Å². The molecule has 1 aliphatic heterocycles. The molecule has 0 saturated heterocycles. The van der Waals surface area contributed by atoms with Gasteiger partial charge in [-0.2, -0.15) is 0 Å². The third kappa shape index (κ3) is 4.67. The molecule has 1 aliphatic carbocycles. The molecule has 1 heterocycles. The van der Waals surface area contributed by atoms with Gasteiger partial charge in [0.1, 0.15) is 5.56 Å². The van der Waals surface area contributed by atoms with Crippen LogP contribution in [0.25, 0.3) is 0 Å². The van der Waals surface area contributed by atoms with Crippen LogP contribution in [-0.4, -0.2) is 35.2 Å². The maximum Gasteiger partial charge on any atom is 0.282 e. The number of nitro benzene ring substituents is 1. The number of nitrogens with one attached hydrogen (secondary N) is 1. The van der Waals surface area contributed by atoms with Crippen LogP contribution in [0.15, 0.2) is 78.9 Å². The van der Waals surface area contributed by atoms with Gasteiger partial charge in [0.05, 0.1) is 35.3 Å².